The van der Waals surface area contributed by atoms with Crippen molar-refractivity contribution in [3.8, 4) is 0 Å². The summed E-state index contributed by atoms with van der Waals surface area (Å²) in [5.74, 6) is -0.0656. The summed E-state index contributed by atoms with van der Waals surface area (Å²) in [6.07, 6.45) is 2.75. The molecule has 2 heterocycles. The molecule has 8 nitrogen and oxygen atoms in total. The van der Waals surface area contributed by atoms with Crippen LogP contribution in [0.5, 0.6) is 0 Å². The summed E-state index contributed by atoms with van der Waals surface area (Å²) in [6.45, 7) is 2.34. The zero-order valence-electron chi connectivity index (χ0n) is 11.1. The summed E-state index contributed by atoms with van der Waals surface area (Å²) in [4.78, 5) is 11.2. The second kappa shape index (κ2) is 5.00. The highest BCUT2D eigenvalue weighted by atomic mass is 32.2. The summed E-state index contributed by atoms with van der Waals surface area (Å²) in [6, 6.07) is 2.66. The van der Waals surface area contributed by atoms with Gasteiger partial charge in [0.15, 0.2) is 5.82 Å². The van der Waals surface area contributed by atoms with E-state index in [0.29, 0.717) is 6.54 Å². The van der Waals surface area contributed by atoms with E-state index in [0.717, 1.165) is 0 Å². The first-order chi connectivity index (χ1) is 9.33. The number of aryl methyl sites for hydroxylation is 2. The zero-order chi connectivity index (χ0) is 14.9. The smallest absolute Gasteiger partial charge is 0.267 e. The number of nitrogens with zero attached hydrogens (tertiary/aromatic N) is 3. The van der Waals surface area contributed by atoms with Crippen LogP contribution < -0.4 is 16.0 Å². The van der Waals surface area contributed by atoms with Crippen molar-refractivity contribution in [1.82, 2.24) is 14.3 Å². The molecule has 0 saturated carbocycles. The maximum atomic E-state index is 12.2. The van der Waals surface area contributed by atoms with Crippen LogP contribution in [0.2, 0.25) is 0 Å². The molecule has 2 aromatic heterocycles. The Labute approximate surface area is 115 Å². The number of aromatic nitrogens is 3. The van der Waals surface area contributed by atoms with Gasteiger partial charge in [-0.1, -0.05) is 0 Å². The second-order valence-electron chi connectivity index (χ2n) is 4.21. The fourth-order valence-electron chi connectivity index (χ4n) is 1.65. The Morgan fingerprint density at radius 1 is 1.35 bits per heavy atom. The zero-order valence-corrected chi connectivity index (χ0v) is 11.9. The van der Waals surface area contributed by atoms with Crippen LogP contribution in [0.4, 0.5) is 11.5 Å². The Morgan fingerprint density at radius 3 is 2.60 bits per heavy atom. The maximum Gasteiger partial charge on any atom is 0.267 e. The molecule has 108 valence electrons. The number of hydrogen-bond donors (Lipinski definition) is 2. The van der Waals surface area contributed by atoms with Gasteiger partial charge >= 0.3 is 0 Å². The molecule has 2 aromatic rings. The largest absolute Gasteiger partial charge is 0.381 e. The van der Waals surface area contributed by atoms with E-state index in [1.165, 1.54) is 40.8 Å². The first-order valence-electron chi connectivity index (χ1n) is 5.86. The van der Waals surface area contributed by atoms with E-state index in [4.69, 9.17) is 5.73 Å². The second-order valence-corrected chi connectivity index (χ2v) is 5.86. The Hall–Kier alpha value is -2.29. The predicted octanol–water partition coefficient (Wildman–Crippen LogP) is -0.0153. The quantitative estimate of drug-likeness (QED) is 0.824. The number of nitrogen functional groups attached to an aromatic ring is 1. The number of nitrogens with one attached hydrogen (secondary N) is 1. The van der Waals surface area contributed by atoms with Gasteiger partial charge in [-0.3, -0.25) is 14.2 Å². The van der Waals surface area contributed by atoms with Crippen LogP contribution in [0.3, 0.4) is 0 Å². The van der Waals surface area contributed by atoms with Crippen molar-refractivity contribution in [3.63, 3.8) is 0 Å². The average Bonchev–Trinajstić information content (AvgIpc) is 2.76. The van der Waals surface area contributed by atoms with Crippen molar-refractivity contribution in [2.24, 2.45) is 7.05 Å². The minimum atomic E-state index is -3.84. The molecule has 20 heavy (non-hydrogen) atoms. The number of sulfonamides is 1. The summed E-state index contributed by atoms with van der Waals surface area (Å²) in [5, 5.41) is 3.89. The Bertz CT molecular complexity index is 791. The van der Waals surface area contributed by atoms with Crippen molar-refractivity contribution in [2.75, 3.05) is 10.5 Å². The molecule has 0 fully saturated rings. The van der Waals surface area contributed by atoms with Crippen molar-refractivity contribution in [2.45, 2.75) is 18.4 Å². The topological polar surface area (TPSA) is 112 Å². The Balaban J connectivity index is 2.37. The highest BCUT2D eigenvalue weighted by Crippen LogP contribution is 2.19. The molecule has 0 saturated heterocycles. The van der Waals surface area contributed by atoms with Gasteiger partial charge in [-0.05, 0) is 13.0 Å². The number of hydrogen-bond acceptors (Lipinski definition) is 5. The van der Waals surface area contributed by atoms with Gasteiger partial charge in [0.25, 0.3) is 10.0 Å². The van der Waals surface area contributed by atoms with Crippen molar-refractivity contribution in [1.29, 1.82) is 0 Å². The van der Waals surface area contributed by atoms with Gasteiger partial charge < -0.3 is 10.3 Å². The van der Waals surface area contributed by atoms with Crippen molar-refractivity contribution in [3.05, 3.63) is 34.9 Å². The molecule has 0 aromatic carbocycles. The predicted molar refractivity (Wildman–Crippen MR) is 74.8 cm³/mol. The Morgan fingerprint density at radius 2 is 2.05 bits per heavy atom. The maximum absolute atomic E-state index is 12.2. The van der Waals surface area contributed by atoms with E-state index >= 15 is 0 Å². The van der Waals surface area contributed by atoms with Gasteiger partial charge in [0.2, 0.25) is 5.56 Å². The highest BCUT2D eigenvalue weighted by Gasteiger charge is 2.21. The lowest BCUT2D eigenvalue weighted by Gasteiger charge is -2.07. The molecule has 0 radical (unpaired) electrons. The van der Waals surface area contributed by atoms with Gasteiger partial charge in [0, 0.05) is 32.1 Å². The van der Waals surface area contributed by atoms with E-state index in [9.17, 15) is 13.2 Å². The van der Waals surface area contributed by atoms with Crippen LogP contribution in [-0.4, -0.2) is 22.8 Å². The molecular formula is C11H15N5O3S. The fourth-order valence-corrected chi connectivity index (χ4v) is 2.77. The third-order valence-corrected chi connectivity index (χ3v) is 4.10. The molecule has 9 heteroatoms. The number of pyridine rings is 1. The van der Waals surface area contributed by atoms with E-state index in [1.54, 1.807) is 0 Å². The van der Waals surface area contributed by atoms with E-state index in [-0.39, 0.29) is 22.0 Å². The van der Waals surface area contributed by atoms with Gasteiger partial charge in [-0.2, -0.15) is 5.10 Å². The molecule has 0 unspecified atom stereocenters. The molecule has 0 aliphatic rings. The first-order valence-corrected chi connectivity index (χ1v) is 7.34. The average molecular weight is 297 g/mol. The fraction of sp³-hybridized carbons (Fsp3) is 0.273. The third kappa shape index (κ3) is 2.67. The summed E-state index contributed by atoms with van der Waals surface area (Å²) in [7, 11) is -2.31. The molecule has 0 amide bonds. The molecule has 2 rings (SSSR count). The number of rotatable bonds is 4. The van der Waals surface area contributed by atoms with Gasteiger partial charge in [-0.25, -0.2) is 8.42 Å². The molecule has 0 bridgehead atoms. The van der Waals surface area contributed by atoms with Crippen molar-refractivity contribution >= 4 is 21.5 Å². The van der Waals surface area contributed by atoms with Crippen LogP contribution in [-0.2, 0) is 23.6 Å². The summed E-state index contributed by atoms with van der Waals surface area (Å²) in [5.41, 5.74) is 5.65. The molecule has 0 spiro atoms. The monoisotopic (exact) mass is 297 g/mol. The van der Waals surface area contributed by atoms with E-state index in [2.05, 4.69) is 9.82 Å². The molecule has 0 aliphatic heterocycles. The summed E-state index contributed by atoms with van der Waals surface area (Å²) < 4.78 is 29.5. The minimum absolute atomic E-state index is 0.0656. The lowest BCUT2D eigenvalue weighted by atomic mass is 10.4. The normalized spacial score (nSPS) is 11.5. The third-order valence-electron chi connectivity index (χ3n) is 2.71. The van der Waals surface area contributed by atoms with E-state index in [1.807, 2.05) is 6.92 Å². The van der Waals surface area contributed by atoms with Gasteiger partial charge in [0.1, 0.15) is 4.90 Å². The van der Waals surface area contributed by atoms with Crippen LogP contribution in [0.1, 0.15) is 6.92 Å². The highest BCUT2D eigenvalue weighted by molar-refractivity contribution is 7.92. The number of anilines is 2. The molecule has 0 aliphatic carbocycles. The SMILES string of the molecule is CCn1cc(S(=O)(=O)Nc2ccc(=O)n(C)c2)c(N)n1. The molecular weight excluding hydrogens is 282 g/mol. The van der Waals surface area contributed by atoms with Gasteiger partial charge in [0.05, 0.1) is 5.69 Å². The van der Waals surface area contributed by atoms with Crippen LogP contribution in [0, 0.1) is 0 Å². The van der Waals surface area contributed by atoms with Crippen LogP contribution in [0.15, 0.2) is 34.2 Å². The molecule has 3 N–H and O–H groups in total. The van der Waals surface area contributed by atoms with Gasteiger partial charge in [-0.15, -0.1) is 0 Å². The first kappa shape index (κ1) is 14.1. The Kier molecular flexibility index (Phi) is 3.53. The lowest BCUT2D eigenvalue weighted by molar-refractivity contribution is 0.600. The van der Waals surface area contributed by atoms with Crippen LogP contribution in [0.25, 0.3) is 0 Å². The number of nitrogens with two attached hydrogens (primary N) is 1. The molecule has 0 atom stereocenters. The van der Waals surface area contributed by atoms with E-state index < -0.39 is 10.0 Å². The summed E-state index contributed by atoms with van der Waals surface area (Å²) >= 11 is 0. The minimum Gasteiger partial charge on any atom is -0.381 e. The van der Waals surface area contributed by atoms with Crippen molar-refractivity contribution < 1.29 is 8.42 Å². The standard InChI is InChI=1S/C11H15N5O3S/c1-3-16-7-9(11(12)13-16)20(18,19)14-8-4-5-10(17)15(2)6-8/h4-7,14H,3H2,1-2H3,(H2,12,13). The lowest BCUT2D eigenvalue weighted by Crippen LogP contribution is -2.18. The van der Waals surface area contributed by atoms with Crippen LogP contribution >= 0.6 is 0 Å².